The van der Waals surface area contributed by atoms with Gasteiger partial charge in [-0.2, -0.15) is 0 Å². The Balaban J connectivity index is 2.18. The Hall–Kier alpha value is -0.380. The molecule has 3 heteroatoms. The van der Waals surface area contributed by atoms with Gasteiger partial charge in [-0.3, -0.25) is 0 Å². The molecule has 0 fully saturated rings. The van der Waals surface area contributed by atoms with Crippen LogP contribution in [0.5, 0.6) is 0 Å². The Morgan fingerprint density at radius 3 is 2.65 bits per heavy atom. The van der Waals surface area contributed by atoms with Gasteiger partial charge in [0.1, 0.15) is 0 Å². The lowest BCUT2D eigenvalue weighted by atomic mass is 10.2. The zero-order valence-electron chi connectivity index (χ0n) is 11.5. The Labute approximate surface area is 109 Å². The van der Waals surface area contributed by atoms with Gasteiger partial charge < -0.3 is 10.1 Å². The first-order valence-electron chi connectivity index (χ1n) is 6.57. The summed E-state index contributed by atoms with van der Waals surface area (Å²) in [6, 6.07) is 4.94. The Kier molecular flexibility index (Phi) is 6.78. The van der Waals surface area contributed by atoms with E-state index < -0.39 is 0 Å². The van der Waals surface area contributed by atoms with Crippen molar-refractivity contribution in [3.63, 3.8) is 0 Å². The minimum Gasteiger partial charge on any atom is -0.379 e. The van der Waals surface area contributed by atoms with Gasteiger partial charge in [-0.25, -0.2) is 0 Å². The molecule has 0 bridgehead atoms. The summed E-state index contributed by atoms with van der Waals surface area (Å²) in [6.07, 6.45) is 2.56. The first-order valence-corrected chi connectivity index (χ1v) is 7.38. The van der Waals surface area contributed by atoms with Gasteiger partial charge in [-0.05, 0) is 52.3 Å². The molecule has 1 atom stereocenters. The maximum atomic E-state index is 5.51. The van der Waals surface area contributed by atoms with Crippen LogP contribution in [0.1, 0.15) is 49.9 Å². The fraction of sp³-hybridized carbons (Fsp3) is 0.714. The van der Waals surface area contributed by atoms with Crippen molar-refractivity contribution in [3.05, 3.63) is 21.9 Å². The van der Waals surface area contributed by atoms with Crippen molar-refractivity contribution in [3.8, 4) is 0 Å². The molecular weight excluding hydrogens is 230 g/mol. The highest BCUT2D eigenvalue weighted by Gasteiger charge is 2.07. The number of thiophene rings is 1. The Morgan fingerprint density at radius 2 is 2.06 bits per heavy atom. The van der Waals surface area contributed by atoms with Crippen LogP contribution in [-0.4, -0.2) is 19.3 Å². The van der Waals surface area contributed by atoms with E-state index >= 15 is 0 Å². The van der Waals surface area contributed by atoms with E-state index in [1.807, 2.05) is 11.3 Å². The number of ether oxygens (including phenoxy) is 1. The van der Waals surface area contributed by atoms with Crippen LogP contribution in [0.25, 0.3) is 0 Å². The zero-order chi connectivity index (χ0) is 12.7. The third-order valence-corrected chi connectivity index (χ3v) is 4.09. The zero-order valence-corrected chi connectivity index (χ0v) is 12.3. The highest BCUT2D eigenvalue weighted by Crippen LogP contribution is 2.23. The molecule has 1 aromatic heterocycles. The van der Waals surface area contributed by atoms with Crippen molar-refractivity contribution in [2.75, 3.05) is 13.2 Å². The van der Waals surface area contributed by atoms with E-state index in [1.165, 1.54) is 9.75 Å². The molecule has 1 rings (SSSR count). The molecule has 1 N–H and O–H groups in total. The highest BCUT2D eigenvalue weighted by molar-refractivity contribution is 7.12. The van der Waals surface area contributed by atoms with Crippen molar-refractivity contribution in [2.24, 2.45) is 0 Å². The topological polar surface area (TPSA) is 21.3 Å². The average Bonchev–Trinajstić information content (AvgIpc) is 2.76. The van der Waals surface area contributed by atoms with Gasteiger partial charge >= 0.3 is 0 Å². The van der Waals surface area contributed by atoms with Crippen molar-refractivity contribution in [1.82, 2.24) is 5.32 Å². The number of nitrogens with one attached hydrogen (secondary N) is 1. The largest absolute Gasteiger partial charge is 0.379 e. The van der Waals surface area contributed by atoms with E-state index in [0.29, 0.717) is 12.1 Å². The van der Waals surface area contributed by atoms with Gasteiger partial charge in [0, 0.05) is 22.4 Å². The SMILES string of the molecule is CCc1ccc(C(C)NCCCOC(C)C)s1. The van der Waals surface area contributed by atoms with Crippen molar-refractivity contribution >= 4 is 11.3 Å². The minimum absolute atomic E-state index is 0.344. The smallest absolute Gasteiger partial charge is 0.0518 e. The normalized spacial score (nSPS) is 13.2. The van der Waals surface area contributed by atoms with Gasteiger partial charge in [0.15, 0.2) is 0 Å². The average molecular weight is 255 g/mol. The van der Waals surface area contributed by atoms with Crippen molar-refractivity contribution in [1.29, 1.82) is 0 Å². The predicted octanol–water partition coefficient (Wildman–Crippen LogP) is 3.78. The summed E-state index contributed by atoms with van der Waals surface area (Å²) in [5.74, 6) is 0. The van der Waals surface area contributed by atoms with E-state index in [1.54, 1.807) is 0 Å². The lowest BCUT2D eigenvalue weighted by Gasteiger charge is -2.12. The number of aryl methyl sites for hydroxylation is 1. The number of hydrogen-bond acceptors (Lipinski definition) is 3. The maximum Gasteiger partial charge on any atom is 0.0518 e. The van der Waals surface area contributed by atoms with E-state index in [9.17, 15) is 0 Å². The van der Waals surface area contributed by atoms with Crippen LogP contribution in [0.15, 0.2) is 12.1 Å². The molecule has 0 aliphatic heterocycles. The molecule has 1 unspecified atom stereocenters. The fourth-order valence-corrected chi connectivity index (χ4v) is 2.61. The van der Waals surface area contributed by atoms with E-state index in [4.69, 9.17) is 4.74 Å². The van der Waals surface area contributed by atoms with Gasteiger partial charge in [-0.1, -0.05) is 6.92 Å². The van der Waals surface area contributed by atoms with Gasteiger partial charge in [0.05, 0.1) is 6.10 Å². The number of rotatable bonds is 8. The quantitative estimate of drug-likeness (QED) is 0.714. The Bertz CT molecular complexity index is 309. The molecule has 17 heavy (non-hydrogen) atoms. The van der Waals surface area contributed by atoms with Gasteiger partial charge in [0.2, 0.25) is 0 Å². The van der Waals surface area contributed by atoms with Crippen LogP contribution in [0, 0.1) is 0 Å². The summed E-state index contributed by atoms with van der Waals surface area (Å²) in [5.41, 5.74) is 0. The molecule has 0 saturated heterocycles. The van der Waals surface area contributed by atoms with Crippen LogP contribution >= 0.6 is 11.3 Å². The van der Waals surface area contributed by atoms with Gasteiger partial charge in [0.25, 0.3) is 0 Å². The first-order chi connectivity index (χ1) is 8.13. The molecule has 0 radical (unpaired) electrons. The predicted molar refractivity (Wildman–Crippen MR) is 75.8 cm³/mol. The first kappa shape index (κ1) is 14.7. The summed E-state index contributed by atoms with van der Waals surface area (Å²) in [6.45, 7) is 10.5. The Morgan fingerprint density at radius 1 is 1.29 bits per heavy atom. The van der Waals surface area contributed by atoms with Crippen LogP contribution in [0.3, 0.4) is 0 Å². The second-order valence-corrected chi connectivity index (χ2v) is 5.81. The maximum absolute atomic E-state index is 5.51. The summed E-state index contributed by atoms with van der Waals surface area (Å²) < 4.78 is 5.51. The summed E-state index contributed by atoms with van der Waals surface area (Å²) in [4.78, 5) is 2.91. The van der Waals surface area contributed by atoms with E-state index in [2.05, 4.69) is 45.1 Å². The van der Waals surface area contributed by atoms with Crippen LogP contribution in [-0.2, 0) is 11.2 Å². The second kappa shape index (κ2) is 7.85. The summed E-state index contributed by atoms with van der Waals surface area (Å²) in [5, 5.41) is 3.54. The fourth-order valence-electron chi connectivity index (χ4n) is 1.63. The molecule has 0 saturated carbocycles. The molecular formula is C14H25NOS. The lowest BCUT2D eigenvalue weighted by molar-refractivity contribution is 0.0768. The van der Waals surface area contributed by atoms with Crippen LogP contribution < -0.4 is 5.32 Å². The summed E-state index contributed by atoms with van der Waals surface area (Å²) in [7, 11) is 0. The van der Waals surface area contributed by atoms with Crippen molar-refractivity contribution < 1.29 is 4.74 Å². The lowest BCUT2D eigenvalue weighted by Crippen LogP contribution is -2.20. The standard InChI is InChI=1S/C14H25NOS/c1-5-13-7-8-14(17-13)12(4)15-9-6-10-16-11(2)3/h7-8,11-12,15H,5-6,9-10H2,1-4H3. The molecule has 98 valence electrons. The molecule has 0 amide bonds. The van der Waals surface area contributed by atoms with Crippen molar-refractivity contribution in [2.45, 2.75) is 52.7 Å². The molecule has 1 heterocycles. The molecule has 0 aromatic carbocycles. The molecule has 0 aliphatic carbocycles. The molecule has 1 aromatic rings. The number of hydrogen-bond donors (Lipinski definition) is 1. The molecule has 0 aliphatic rings. The molecule has 0 spiro atoms. The van der Waals surface area contributed by atoms with Gasteiger partial charge in [-0.15, -0.1) is 11.3 Å². The third kappa shape index (κ3) is 5.66. The third-order valence-electron chi connectivity index (χ3n) is 2.68. The second-order valence-electron chi connectivity index (χ2n) is 4.61. The summed E-state index contributed by atoms with van der Waals surface area (Å²) >= 11 is 1.92. The monoisotopic (exact) mass is 255 g/mol. The van der Waals surface area contributed by atoms with E-state index in [-0.39, 0.29) is 0 Å². The molecule has 2 nitrogen and oxygen atoms in total. The van der Waals surface area contributed by atoms with Crippen LogP contribution in [0.4, 0.5) is 0 Å². The minimum atomic E-state index is 0.344. The highest BCUT2D eigenvalue weighted by atomic mass is 32.1. The van der Waals surface area contributed by atoms with Crippen LogP contribution in [0.2, 0.25) is 0 Å². The van der Waals surface area contributed by atoms with E-state index in [0.717, 1.165) is 26.0 Å².